The van der Waals surface area contributed by atoms with Crippen molar-refractivity contribution in [2.24, 2.45) is 0 Å². The van der Waals surface area contributed by atoms with Gasteiger partial charge in [-0.1, -0.05) is 88.7 Å². The van der Waals surface area contributed by atoms with Crippen molar-refractivity contribution < 1.29 is 14.3 Å². The maximum atomic E-state index is 12.6. The van der Waals surface area contributed by atoms with Gasteiger partial charge >= 0.3 is 5.97 Å². The lowest BCUT2D eigenvalue weighted by Crippen LogP contribution is -2.08. The van der Waals surface area contributed by atoms with E-state index in [0.29, 0.717) is 16.9 Å². The normalized spacial score (nSPS) is 10.8. The predicted molar refractivity (Wildman–Crippen MR) is 131 cm³/mol. The molecule has 0 bridgehead atoms. The first-order chi connectivity index (χ1) is 15.6. The van der Waals surface area contributed by atoms with Crippen molar-refractivity contribution in [3.05, 3.63) is 130 Å². The Hall–Kier alpha value is -3.76. The Morgan fingerprint density at radius 1 is 0.688 bits per heavy atom. The van der Waals surface area contributed by atoms with Crippen molar-refractivity contribution in [1.82, 2.24) is 0 Å². The number of esters is 1. The van der Waals surface area contributed by atoms with Crippen molar-refractivity contribution in [3.63, 3.8) is 0 Å². The molecule has 3 nitrogen and oxygen atoms in total. The number of carbonyl (C=O) groups is 2. The molecular formula is C28H19BrO3. The van der Waals surface area contributed by atoms with Crippen LogP contribution in [-0.4, -0.2) is 11.8 Å². The molecule has 0 unspecified atom stereocenters. The quantitative estimate of drug-likeness (QED) is 0.126. The molecule has 0 saturated heterocycles. The molecule has 4 rings (SSSR count). The molecule has 4 aromatic rings. The van der Waals surface area contributed by atoms with Crippen LogP contribution in [-0.2, 0) is 0 Å². The average molecular weight is 483 g/mol. The molecule has 4 heteroatoms. The highest BCUT2D eigenvalue weighted by Crippen LogP contribution is 2.20. The molecule has 0 fully saturated rings. The lowest BCUT2D eigenvalue weighted by atomic mass is 10.0. The summed E-state index contributed by atoms with van der Waals surface area (Å²) < 4.78 is 6.34. The fraction of sp³-hybridized carbons (Fsp3) is 0. The Kier molecular flexibility index (Phi) is 6.73. The Bertz CT molecular complexity index is 1260. The summed E-state index contributed by atoms with van der Waals surface area (Å²) in [4.78, 5) is 24.9. The predicted octanol–water partition coefficient (Wildman–Crippen LogP) is 7.23. The third kappa shape index (κ3) is 5.48. The molecule has 0 N–H and O–H groups in total. The van der Waals surface area contributed by atoms with Crippen LogP contribution in [0.25, 0.3) is 17.2 Å². The summed E-state index contributed by atoms with van der Waals surface area (Å²) in [6.07, 6.45) is 3.23. The van der Waals surface area contributed by atoms with E-state index < -0.39 is 5.97 Å². The van der Waals surface area contributed by atoms with E-state index in [1.54, 1.807) is 48.5 Å². The summed E-state index contributed by atoms with van der Waals surface area (Å²) in [7, 11) is 0. The van der Waals surface area contributed by atoms with Crippen LogP contribution in [0.3, 0.4) is 0 Å². The van der Waals surface area contributed by atoms with Gasteiger partial charge in [0.15, 0.2) is 5.78 Å². The largest absolute Gasteiger partial charge is 0.423 e. The molecule has 0 radical (unpaired) electrons. The Morgan fingerprint density at radius 2 is 1.34 bits per heavy atom. The molecular weight excluding hydrogens is 464 g/mol. The van der Waals surface area contributed by atoms with E-state index in [0.717, 1.165) is 21.2 Å². The van der Waals surface area contributed by atoms with E-state index in [2.05, 4.69) is 15.9 Å². The Morgan fingerprint density at radius 3 is 2.06 bits per heavy atom. The zero-order valence-corrected chi connectivity index (χ0v) is 18.7. The molecule has 0 atom stereocenters. The number of benzene rings is 4. The van der Waals surface area contributed by atoms with Crippen LogP contribution in [0.1, 0.15) is 26.3 Å². The van der Waals surface area contributed by atoms with E-state index in [1.807, 2.05) is 60.7 Å². The van der Waals surface area contributed by atoms with E-state index >= 15 is 0 Å². The number of halogens is 1. The van der Waals surface area contributed by atoms with Gasteiger partial charge in [-0.15, -0.1) is 0 Å². The van der Waals surface area contributed by atoms with Crippen molar-refractivity contribution in [2.75, 3.05) is 0 Å². The standard InChI is InChI=1S/C28H19BrO3/c29-25-16-14-24(15-17-25)28(31)32-26-8-4-5-20(19-26)9-18-27(30)23-12-10-22(11-13-23)21-6-2-1-3-7-21/h1-19H. The highest BCUT2D eigenvalue weighted by molar-refractivity contribution is 9.10. The van der Waals surface area contributed by atoms with Crippen LogP contribution in [0.5, 0.6) is 5.75 Å². The fourth-order valence-electron chi connectivity index (χ4n) is 3.16. The number of allylic oxidation sites excluding steroid dienone is 1. The zero-order chi connectivity index (χ0) is 22.3. The molecule has 0 aromatic heterocycles. The summed E-state index contributed by atoms with van der Waals surface area (Å²) in [5.41, 5.74) is 4.00. The van der Waals surface area contributed by atoms with Gasteiger partial charge in [-0.05, 0) is 59.2 Å². The van der Waals surface area contributed by atoms with Crippen molar-refractivity contribution in [3.8, 4) is 16.9 Å². The van der Waals surface area contributed by atoms with E-state index in [9.17, 15) is 9.59 Å². The van der Waals surface area contributed by atoms with Gasteiger partial charge in [0.1, 0.15) is 5.75 Å². The molecule has 0 aliphatic carbocycles. The first-order valence-corrected chi connectivity index (χ1v) is 10.8. The number of hydrogen-bond acceptors (Lipinski definition) is 3. The summed E-state index contributed by atoms with van der Waals surface area (Å²) in [5.74, 6) is -0.116. The van der Waals surface area contributed by atoms with Gasteiger partial charge in [-0.2, -0.15) is 0 Å². The molecule has 0 heterocycles. The fourth-order valence-corrected chi connectivity index (χ4v) is 3.42. The Balaban J connectivity index is 1.42. The second-order valence-electron chi connectivity index (χ2n) is 7.11. The summed E-state index contributed by atoms with van der Waals surface area (Å²) in [5, 5.41) is 0. The monoisotopic (exact) mass is 482 g/mol. The average Bonchev–Trinajstić information content (AvgIpc) is 2.84. The molecule has 156 valence electrons. The molecule has 0 spiro atoms. The Labute approximate surface area is 195 Å². The van der Waals surface area contributed by atoms with Crippen LogP contribution >= 0.6 is 15.9 Å². The van der Waals surface area contributed by atoms with Gasteiger partial charge in [0, 0.05) is 10.0 Å². The lowest BCUT2D eigenvalue weighted by Gasteiger charge is -2.05. The number of ether oxygens (including phenoxy) is 1. The number of rotatable bonds is 6. The van der Waals surface area contributed by atoms with Crippen molar-refractivity contribution in [1.29, 1.82) is 0 Å². The molecule has 0 aliphatic heterocycles. The molecule has 32 heavy (non-hydrogen) atoms. The topological polar surface area (TPSA) is 43.4 Å². The van der Waals surface area contributed by atoms with Crippen LogP contribution in [0.4, 0.5) is 0 Å². The number of ketones is 1. The van der Waals surface area contributed by atoms with Crippen molar-refractivity contribution in [2.45, 2.75) is 0 Å². The van der Waals surface area contributed by atoms with E-state index in [-0.39, 0.29) is 5.78 Å². The zero-order valence-electron chi connectivity index (χ0n) is 17.1. The van der Waals surface area contributed by atoms with Gasteiger partial charge in [-0.25, -0.2) is 4.79 Å². The minimum absolute atomic E-state index is 0.0955. The maximum Gasteiger partial charge on any atom is 0.343 e. The van der Waals surface area contributed by atoms with Gasteiger partial charge in [0.2, 0.25) is 0 Å². The van der Waals surface area contributed by atoms with Gasteiger partial charge in [0.25, 0.3) is 0 Å². The minimum atomic E-state index is -0.437. The SMILES string of the molecule is O=C(C=Cc1cccc(OC(=O)c2ccc(Br)cc2)c1)c1ccc(-c2ccccc2)cc1. The second kappa shape index (κ2) is 10.0. The molecule has 4 aromatic carbocycles. The maximum absolute atomic E-state index is 12.6. The van der Waals surface area contributed by atoms with Gasteiger partial charge in [-0.3, -0.25) is 4.79 Å². The number of hydrogen-bond donors (Lipinski definition) is 0. The van der Waals surface area contributed by atoms with Crippen LogP contribution in [0.15, 0.2) is 114 Å². The summed E-state index contributed by atoms with van der Waals surface area (Å²) >= 11 is 3.34. The summed E-state index contributed by atoms with van der Waals surface area (Å²) in [6.45, 7) is 0. The highest BCUT2D eigenvalue weighted by Gasteiger charge is 2.09. The smallest absolute Gasteiger partial charge is 0.343 e. The van der Waals surface area contributed by atoms with Crippen molar-refractivity contribution >= 4 is 33.8 Å². The molecule has 0 amide bonds. The first kappa shape index (κ1) is 21.5. The number of carbonyl (C=O) groups excluding carboxylic acids is 2. The third-order valence-electron chi connectivity index (χ3n) is 4.85. The van der Waals surface area contributed by atoms with Crippen LogP contribution in [0.2, 0.25) is 0 Å². The first-order valence-electron chi connectivity index (χ1n) is 10.0. The highest BCUT2D eigenvalue weighted by atomic mass is 79.9. The van der Waals surface area contributed by atoms with E-state index in [4.69, 9.17) is 4.74 Å². The molecule has 0 aliphatic rings. The lowest BCUT2D eigenvalue weighted by molar-refractivity contribution is 0.0734. The van der Waals surface area contributed by atoms with Crippen LogP contribution < -0.4 is 4.74 Å². The summed E-state index contributed by atoms with van der Waals surface area (Å²) in [6, 6.07) is 31.6. The minimum Gasteiger partial charge on any atom is -0.423 e. The third-order valence-corrected chi connectivity index (χ3v) is 5.38. The molecule has 0 saturated carbocycles. The second-order valence-corrected chi connectivity index (χ2v) is 8.03. The van der Waals surface area contributed by atoms with E-state index in [1.165, 1.54) is 6.08 Å². The van der Waals surface area contributed by atoms with Gasteiger partial charge < -0.3 is 4.74 Å². The van der Waals surface area contributed by atoms with Gasteiger partial charge in [0.05, 0.1) is 5.56 Å². The van der Waals surface area contributed by atoms with Crippen LogP contribution in [0, 0.1) is 0 Å².